The molecule has 1 amide bonds. The Hall–Kier alpha value is -2.38. The number of rotatable bonds is 4. The summed E-state index contributed by atoms with van der Waals surface area (Å²) in [4.78, 5) is 12.7. The van der Waals surface area contributed by atoms with E-state index in [2.05, 4.69) is 5.32 Å². The third kappa shape index (κ3) is 3.67. The summed E-state index contributed by atoms with van der Waals surface area (Å²) in [5, 5.41) is 2.79. The molecule has 0 saturated heterocycles. The maximum Gasteiger partial charge on any atom is 0.242 e. The maximum absolute atomic E-state index is 12.5. The van der Waals surface area contributed by atoms with Gasteiger partial charge in [0.25, 0.3) is 0 Å². The van der Waals surface area contributed by atoms with Crippen LogP contribution < -0.4 is 10.1 Å². The van der Waals surface area contributed by atoms with Crippen LogP contribution in [0.4, 0.5) is 5.69 Å². The van der Waals surface area contributed by atoms with E-state index in [1.165, 1.54) is 26.2 Å². The number of hydrogen-bond acceptors (Lipinski definition) is 4. The molecule has 132 valence electrons. The van der Waals surface area contributed by atoms with Crippen LogP contribution in [0.25, 0.3) is 0 Å². The van der Waals surface area contributed by atoms with Crippen LogP contribution in [0.15, 0.2) is 53.4 Å². The number of carbonyl (C=O) groups is 1. The lowest BCUT2D eigenvalue weighted by Gasteiger charge is -2.24. The number of sulfonamides is 1. The van der Waals surface area contributed by atoms with E-state index in [4.69, 9.17) is 4.74 Å². The lowest BCUT2D eigenvalue weighted by atomic mass is 9.96. The number of fused-ring (bicyclic) bond motifs is 1. The highest BCUT2D eigenvalue weighted by molar-refractivity contribution is 7.89. The van der Waals surface area contributed by atoms with Crippen LogP contribution >= 0.6 is 0 Å². The molecule has 1 atom stereocenters. The quantitative estimate of drug-likeness (QED) is 0.906. The number of carbonyl (C=O) groups excluding carboxylic acids is 1. The molecule has 25 heavy (non-hydrogen) atoms. The van der Waals surface area contributed by atoms with Gasteiger partial charge in [-0.3, -0.25) is 4.79 Å². The zero-order chi connectivity index (χ0) is 18.0. The Bertz CT molecular complexity index is 893. The molecule has 2 aromatic rings. The van der Waals surface area contributed by atoms with Crippen molar-refractivity contribution < 1.29 is 17.9 Å². The van der Waals surface area contributed by atoms with Crippen molar-refractivity contribution in [1.82, 2.24) is 4.31 Å². The standard InChI is InChI=1S/C18H20N2O4S/c1-20(2)25(22,23)16-8-5-7-15(11-16)19-18(21)14-10-13-6-3-4-9-17(13)24-12-14/h3-9,11,14H,10,12H2,1-2H3,(H,19,21)/t14-/m1/s1. The number of hydrogen-bond donors (Lipinski definition) is 1. The molecule has 1 N–H and O–H groups in total. The van der Waals surface area contributed by atoms with Gasteiger partial charge >= 0.3 is 0 Å². The zero-order valence-corrected chi connectivity index (χ0v) is 14.9. The van der Waals surface area contributed by atoms with Crippen molar-refractivity contribution in [3.05, 3.63) is 54.1 Å². The molecule has 3 rings (SSSR count). The van der Waals surface area contributed by atoms with E-state index in [0.717, 1.165) is 15.6 Å². The minimum Gasteiger partial charge on any atom is -0.492 e. The summed E-state index contributed by atoms with van der Waals surface area (Å²) in [6.45, 7) is 0.304. The van der Waals surface area contributed by atoms with Gasteiger partial charge in [0.1, 0.15) is 12.4 Å². The number of amides is 1. The smallest absolute Gasteiger partial charge is 0.242 e. The van der Waals surface area contributed by atoms with Gasteiger partial charge in [0.15, 0.2) is 0 Å². The first-order valence-electron chi connectivity index (χ1n) is 7.92. The van der Waals surface area contributed by atoms with Crippen LogP contribution in [0, 0.1) is 5.92 Å². The number of nitrogens with one attached hydrogen (secondary N) is 1. The summed E-state index contributed by atoms with van der Waals surface area (Å²) in [6, 6.07) is 13.9. The highest BCUT2D eigenvalue weighted by Crippen LogP contribution is 2.27. The first-order valence-corrected chi connectivity index (χ1v) is 9.36. The largest absolute Gasteiger partial charge is 0.492 e. The van der Waals surface area contributed by atoms with Crippen LogP contribution in [0.3, 0.4) is 0 Å². The fraction of sp³-hybridized carbons (Fsp3) is 0.278. The van der Waals surface area contributed by atoms with Gasteiger partial charge in [0.05, 0.1) is 10.8 Å². The zero-order valence-electron chi connectivity index (χ0n) is 14.1. The normalized spacial score (nSPS) is 16.8. The molecule has 0 spiro atoms. The van der Waals surface area contributed by atoms with Crippen molar-refractivity contribution in [1.29, 1.82) is 0 Å². The molecular formula is C18H20N2O4S. The van der Waals surface area contributed by atoms with E-state index < -0.39 is 10.0 Å². The first-order chi connectivity index (χ1) is 11.9. The van der Waals surface area contributed by atoms with Crippen molar-refractivity contribution in [2.75, 3.05) is 26.0 Å². The number of anilines is 1. The van der Waals surface area contributed by atoms with E-state index >= 15 is 0 Å². The van der Waals surface area contributed by atoms with Gasteiger partial charge in [-0.1, -0.05) is 24.3 Å². The molecule has 0 aliphatic carbocycles. The summed E-state index contributed by atoms with van der Waals surface area (Å²) in [5.41, 5.74) is 1.45. The summed E-state index contributed by atoms with van der Waals surface area (Å²) in [6.07, 6.45) is 0.595. The molecule has 7 heteroatoms. The molecular weight excluding hydrogens is 340 g/mol. The molecule has 1 aliphatic rings. The first kappa shape index (κ1) is 17.4. The molecule has 0 unspecified atom stereocenters. The second kappa shape index (κ2) is 6.85. The Kier molecular flexibility index (Phi) is 4.78. The Morgan fingerprint density at radius 2 is 1.92 bits per heavy atom. The predicted molar refractivity (Wildman–Crippen MR) is 95.1 cm³/mol. The highest BCUT2D eigenvalue weighted by Gasteiger charge is 2.26. The van der Waals surface area contributed by atoms with Crippen LogP contribution in [-0.2, 0) is 21.2 Å². The minimum absolute atomic E-state index is 0.139. The van der Waals surface area contributed by atoms with Crippen molar-refractivity contribution in [2.45, 2.75) is 11.3 Å². The lowest BCUT2D eigenvalue weighted by molar-refractivity contribution is -0.121. The van der Waals surface area contributed by atoms with Gasteiger partial charge in [0, 0.05) is 19.8 Å². The third-order valence-corrected chi connectivity index (χ3v) is 5.94. The average molecular weight is 360 g/mol. The van der Waals surface area contributed by atoms with Crippen molar-refractivity contribution in [3.63, 3.8) is 0 Å². The molecule has 2 aromatic carbocycles. The highest BCUT2D eigenvalue weighted by atomic mass is 32.2. The van der Waals surface area contributed by atoms with E-state index in [9.17, 15) is 13.2 Å². The molecule has 1 heterocycles. The van der Waals surface area contributed by atoms with Crippen molar-refractivity contribution in [3.8, 4) is 5.75 Å². The molecule has 1 aliphatic heterocycles. The second-order valence-corrected chi connectivity index (χ2v) is 8.28. The third-order valence-electron chi connectivity index (χ3n) is 4.13. The molecule has 0 radical (unpaired) electrons. The summed E-state index contributed by atoms with van der Waals surface area (Å²) < 4.78 is 31.2. The Morgan fingerprint density at radius 3 is 2.68 bits per heavy atom. The fourth-order valence-electron chi connectivity index (χ4n) is 2.69. The fourth-order valence-corrected chi connectivity index (χ4v) is 3.63. The van der Waals surface area contributed by atoms with Crippen LogP contribution in [0.1, 0.15) is 5.56 Å². The van der Waals surface area contributed by atoms with Gasteiger partial charge in [0.2, 0.25) is 15.9 Å². The Morgan fingerprint density at radius 1 is 1.16 bits per heavy atom. The van der Waals surface area contributed by atoms with Crippen LogP contribution in [0.5, 0.6) is 5.75 Å². The average Bonchev–Trinajstić information content (AvgIpc) is 2.61. The van der Waals surface area contributed by atoms with Gasteiger partial charge in [-0.2, -0.15) is 0 Å². The SMILES string of the molecule is CN(C)S(=O)(=O)c1cccc(NC(=O)[C@H]2COc3ccccc3C2)c1. The minimum atomic E-state index is -3.54. The van der Waals surface area contributed by atoms with Gasteiger partial charge < -0.3 is 10.1 Å². The topological polar surface area (TPSA) is 75.7 Å². The maximum atomic E-state index is 12.5. The summed E-state index contributed by atoms with van der Waals surface area (Å²) in [7, 11) is -0.603. The predicted octanol–water partition coefficient (Wildman–Crippen LogP) is 2.13. The van der Waals surface area contributed by atoms with Gasteiger partial charge in [-0.15, -0.1) is 0 Å². The molecule has 0 fully saturated rings. The Balaban J connectivity index is 1.74. The second-order valence-electron chi connectivity index (χ2n) is 6.12. The van der Waals surface area contributed by atoms with Crippen molar-refractivity contribution >= 4 is 21.6 Å². The summed E-state index contributed by atoms with van der Waals surface area (Å²) in [5.74, 6) is 0.309. The number of benzene rings is 2. The van der Waals surface area contributed by atoms with Crippen LogP contribution in [0.2, 0.25) is 0 Å². The van der Waals surface area contributed by atoms with Crippen molar-refractivity contribution in [2.24, 2.45) is 5.92 Å². The van der Waals surface area contributed by atoms with Gasteiger partial charge in [-0.05, 0) is 36.2 Å². The lowest BCUT2D eigenvalue weighted by Crippen LogP contribution is -2.32. The molecule has 0 saturated carbocycles. The molecule has 0 aromatic heterocycles. The molecule has 6 nitrogen and oxygen atoms in total. The summed E-state index contributed by atoms with van der Waals surface area (Å²) >= 11 is 0. The Labute approximate surface area is 147 Å². The van der Waals surface area contributed by atoms with E-state index in [0.29, 0.717) is 18.7 Å². The number of nitrogens with zero attached hydrogens (tertiary/aromatic N) is 1. The van der Waals surface area contributed by atoms with Gasteiger partial charge in [-0.25, -0.2) is 12.7 Å². The van der Waals surface area contributed by atoms with E-state index in [-0.39, 0.29) is 16.7 Å². The number of ether oxygens (including phenoxy) is 1. The van der Waals surface area contributed by atoms with E-state index in [1.54, 1.807) is 12.1 Å². The number of para-hydroxylation sites is 1. The van der Waals surface area contributed by atoms with Crippen LogP contribution in [-0.4, -0.2) is 39.3 Å². The monoisotopic (exact) mass is 360 g/mol. The molecule has 0 bridgehead atoms. The van der Waals surface area contributed by atoms with E-state index in [1.807, 2.05) is 24.3 Å².